The third-order valence-corrected chi connectivity index (χ3v) is 2.61. The molecule has 0 radical (unpaired) electrons. The van der Waals surface area contributed by atoms with Gasteiger partial charge in [0, 0.05) is 0 Å². The minimum absolute atomic E-state index is 0.230. The Bertz CT molecular complexity index is 236. The van der Waals surface area contributed by atoms with Crippen molar-refractivity contribution >= 4 is 5.78 Å². The Morgan fingerprint density at radius 3 is 2.93 bits per heavy atom. The van der Waals surface area contributed by atoms with Crippen LogP contribution in [0.25, 0.3) is 0 Å². The highest BCUT2D eigenvalue weighted by atomic mass is 16.1. The van der Waals surface area contributed by atoms with E-state index in [1.54, 1.807) is 6.08 Å². The van der Waals surface area contributed by atoms with Gasteiger partial charge in [0.2, 0.25) is 0 Å². The molecule has 1 nitrogen and oxygen atoms in total. The fraction of sp³-hybridized carbons (Fsp3) is 0.615. The number of allylic oxidation sites excluding steroid dienone is 4. The Morgan fingerprint density at radius 2 is 2.14 bits per heavy atom. The third kappa shape index (κ3) is 3.91. The molecule has 0 aromatic rings. The average molecular weight is 192 g/mol. The number of rotatable bonds is 3. The van der Waals surface area contributed by atoms with E-state index in [1.165, 1.54) is 25.7 Å². The maximum Gasteiger partial charge on any atom is 0.181 e. The minimum Gasteiger partial charge on any atom is -0.290 e. The third-order valence-electron chi connectivity index (χ3n) is 2.61. The zero-order chi connectivity index (χ0) is 10.2. The molecule has 14 heavy (non-hydrogen) atoms. The summed E-state index contributed by atoms with van der Waals surface area (Å²) in [7, 11) is 0. The Labute approximate surface area is 86.9 Å². The molecule has 0 N–H and O–H groups in total. The van der Waals surface area contributed by atoms with Gasteiger partial charge < -0.3 is 0 Å². The SMILES string of the molecule is CC/C=C/C(=O)/C1=C\CCCCCC1. The number of carbonyl (C=O) groups excluding carboxylic acids is 1. The molecule has 1 aliphatic carbocycles. The molecule has 1 rings (SSSR count). The van der Waals surface area contributed by atoms with Gasteiger partial charge in [-0.1, -0.05) is 31.9 Å². The molecule has 0 fully saturated rings. The summed E-state index contributed by atoms with van der Waals surface area (Å²) in [5.41, 5.74) is 1.04. The highest BCUT2D eigenvalue weighted by molar-refractivity contribution is 6.03. The van der Waals surface area contributed by atoms with Crippen LogP contribution >= 0.6 is 0 Å². The molecule has 0 aliphatic heterocycles. The summed E-state index contributed by atoms with van der Waals surface area (Å²) in [4.78, 5) is 11.7. The van der Waals surface area contributed by atoms with Crippen LogP contribution < -0.4 is 0 Å². The normalized spacial score (nSPS) is 22.5. The summed E-state index contributed by atoms with van der Waals surface area (Å²) in [5, 5.41) is 0. The van der Waals surface area contributed by atoms with Gasteiger partial charge in [0.25, 0.3) is 0 Å². The first-order valence-corrected chi connectivity index (χ1v) is 5.74. The van der Waals surface area contributed by atoms with Gasteiger partial charge in [-0.3, -0.25) is 4.79 Å². The van der Waals surface area contributed by atoms with Gasteiger partial charge >= 0.3 is 0 Å². The van der Waals surface area contributed by atoms with Crippen LogP contribution in [0.5, 0.6) is 0 Å². The second-order valence-corrected chi connectivity index (χ2v) is 3.86. The Balaban J connectivity index is 2.54. The molecule has 1 aliphatic rings. The number of ketones is 1. The van der Waals surface area contributed by atoms with Crippen molar-refractivity contribution in [3.63, 3.8) is 0 Å². The van der Waals surface area contributed by atoms with E-state index in [0.717, 1.165) is 24.8 Å². The fourth-order valence-electron chi connectivity index (χ4n) is 1.75. The molecule has 0 saturated carbocycles. The largest absolute Gasteiger partial charge is 0.290 e. The summed E-state index contributed by atoms with van der Waals surface area (Å²) in [6.07, 6.45) is 13.8. The molecule has 0 spiro atoms. The van der Waals surface area contributed by atoms with Gasteiger partial charge in [0.05, 0.1) is 0 Å². The lowest BCUT2D eigenvalue weighted by Crippen LogP contribution is -2.00. The van der Waals surface area contributed by atoms with Crippen molar-refractivity contribution in [2.24, 2.45) is 0 Å². The Hall–Kier alpha value is -0.850. The molecule has 1 heteroatoms. The topological polar surface area (TPSA) is 17.1 Å². The molecule has 0 amide bonds. The average Bonchev–Trinajstić information content (AvgIpc) is 2.13. The van der Waals surface area contributed by atoms with Crippen LogP contribution in [0.2, 0.25) is 0 Å². The highest BCUT2D eigenvalue weighted by Crippen LogP contribution is 2.17. The Kier molecular flexibility index (Phi) is 5.28. The van der Waals surface area contributed by atoms with Crippen LogP contribution in [0, 0.1) is 0 Å². The molecule has 0 aromatic carbocycles. The zero-order valence-corrected chi connectivity index (χ0v) is 9.09. The predicted octanol–water partition coefficient (Wildman–Crippen LogP) is 3.80. The molecule has 0 unspecified atom stereocenters. The smallest absolute Gasteiger partial charge is 0.181 e. The van der Waals surface area contributed by atoms with Crippen molar-refractivity contribution in [3.8, 4) is 0 Å². The van der Waals surface area contributed by atoms with E-state index in [4.69, 9.17) is 0 Å². The molecule has 0 heterocycles. The summed E-state index contributed by atoms with van der Waals surface area (Å²) in [6, 6.07) is 0. The van der Waals surface area contributed by atoms with Gasteiger partial charge in [-0.05, 0) is 43.8 Å². The van der Waals surface area contributed by atoms with E-state index >= 15 is 0 Å². The van der Waals surface area contributed by atoms with Crippen molar-refractivity contribution in [1.82, 2.24) is 0 Å². The first-order valence-electron chi connectivity index (χ1n) is 5.74. The van der Waals surface area contributed by atoms with Crippen molar-refractivity contribution in [1.29, 1.82) is 0 Å². The van der Waals surface area contributed by atoms with Gasteiger partial charge in [-0.25, -0.2) is 0 Å². The van der Waals surface area contributed by atoms with Gasteiger partial charge in [-0.15, -0.1) is 0 Å². The van der Waals surface area contributed by atoms with Crippen LogP contribution in [-0.2, 0) is 4.79 Å². The van der Waals surface area contributed by atoms with Gasteiger partial charge in [0.1, 0.15) is 0 Å². The second-order valence-electron chi connectivity index (χ2n) is 3.86. The van der Waals surface area contributed by atoms with E-state index in [9.17, 15) is 4.79 Å². The van der Waals surface area contributed by atoms with Crippen molar-refractivity contribution < 1.29 is 4.79 Å². The lowest BCUT2D eigenvalue weighted by Gasteiger charge is -2.08. The molecule has 0 atom stereocenters. The lowest BCUT2D eigenvalue weighted by atomic mass is 9.97. The summed E-state index contributed by atoms with van der Waals surface area (Å²) >= 11 is 0. The summed E-state index contributed by atoms with van der Waals surface area (Å²) < 4.78 is 0. The maximum absolute atomic E-state index is 11.7. The standard InChI is InChI=1S/C13H20O/c1-2-3-11-13(14)12-9-7-5-4-6-8-10-12/h3,9,11H,2,4-8,10H2,1H3/b11-3+,12-9-. The Morgan fingerprint density at radius 1 is 1.36 bits per heavy atom. The predicted molar refractivity (Wildman–Crippen MR) is 60.2 cm³/mol. The molecular formula is C13H20O. The molecule has 0 bridgehead atoms. The van der Waals surface area contributed by atoms with Gasteiger partial charge in [-0.2, -0.15) is 0 Å². The van der Waals surface area contributed by atoms with E-state index in [0.29, 0.717) is 0 Å². The molecule has 78 valence electrons. The van der Waals surface area contributed by atoms with E-state index in [2.05, 4.69) is 13.0 Å². The first kappa shape index (κ1) is 11.2. The fourth-order valence-corrected chi connectivity index (χ4v) is 1.75. The van der Waals surface area contributed by atoms with Crippen LogP contribution in [0.4, 0.5) is 0 Å². The number of hydrogen-bond donors (Lipinski definition) is 0. The van der Waals surface area contributed by atoms with Crippen LogP contribution in [-0.4, -0.2) is 5.78 Å². The second kappa shape index (κ2) is 6.58. The van der Waals surface area contributed by atoms with E-state index in [-0.39, 0.29) is 5.78 Å². The van der Waals surface area contributed by atoms with Crippen molar-refractivity contribution in [3.05, 3.63) is 23.8 Å². The van der Waals surface area contributed by atoms with E-state index in [1.807, 2.05) is 6.08 Å². The molecule has 0 aromatic heterocycles. The van der Waals surface area contributed by atoms with Gasteiger partial charge in [0.15, 0.2) is 5.78 Å². The monoisotopic (exact) mass is 192 g/mol. The summed E-state index contributed by atoms with van der Waals surface area (Å²) in [5.74, 6) is 0.230. The number of carbonyl (C=O) groups is 1. The zero-order valence-electron chi connectivity index (χ0n) is 9.09. The quantitative estimate of drug-likeness (QED) is 0.621. The number of hydrogen-bond acceptors (Lipinski definition) is 1. The molecular weight excluding hydrogens is 172 g/mol. The van der Waals surface area contributed by atoms with Crippen LogP contribution in [0.1, 0.15) is 51.9 Å². The minimum atomic E-state index is 0.230. The van der Waals surface area contributed by atoms with Crippen LogP contribution in [0.3, 0.4) is 0 Å². The van der Waals surface area contributed by atoms with Crippen molar-refractivity contribution in [2.45, 2.75) is 51.9 Å². The summed E-state index contributed by atoms with van der Waals surface area (Å²) in [6.45, 7) is 2.05. The highest BCUT2D eigenvalue weighted by Gasteiger charge is 2.07. The first-order chi connectivity index (χ1) is 6.84. The van der Waals surface area contributed by atoms with E-state index < -0.39 is 0 Å². The van der Waals surface area contributed by atoms with Crippen LogP contribution in [0.15, 0.2) is 23.8 Å². The molecule has 0 saturated heterocycles. The lowest BCUT2D eigenvalue weighted by molar-refractivity contribution is -0.111. The van der Waals surface area contributed by atoms with Crippen molar-refractivity contribution in [2.75, 3.05) is 0 Å². The maximum atomic E-state index is 11.7.